The van der Waals surface area contributed by atoms with E-state index in [1.165, 1.54) is 0 Å². The second-order valence-electron chi connectivity index (χ2n) is 4.27. The highest BCUT2D eigenvalue weighted by Gasteiger charge is 2.88. The van der Waals surface area contributed by atoms with Gasteiger partial charge in [-0.25, -0.2) is 0 Å². The van der Waals surface area contributed by atoms with Crippen LogP contribution in [0.4, 0.5) is 0 Å². The van der Waals surface area contributed by atoms with Gasteiger partial charge in [0, 0.05) is 0 Å². The van der Waals surface area contributed by atoms with Crippen LogP contribution in [-0.4, -0.2) is 23.7 Å². The summed E-state index contributed by atoms with van der Waals surface area (Å²) in [7, 11) is 0. The summed E-state index contributed by atoms with van der Waals surface area (Å²) >= 11 is 0. The maximum atomic E-state index is 11.3. The Morgan fingerprint density at radius 2 is 2.36 bits per heavy atom. The van der Waals surface area contributed by atoms with Gasteiger partial charge in [-0.3, -0.25) is 4.79 Å². The standard InChI is InChI=1S/C8H11NO2/c10-2-5-1-7-3-8(7,4-7)6(11)9-5/h5,10H,1-4H2,(H,9,11)/t5-,7?,8?/m0/s1. The topological polar surface area (TPSA) is 49.3 Å². The van der Waals surface area contributed by atoms with Crippen molar-refractivity contribution in [2.24, 2.45) is 10.8 Å². The van der Waals surface area contributed by atoms with Gasteiger partial charge in [0.05, 0.1) is 18.1 Å². The molecule has 3 aliphatic rings. The van der Waals surface area contributed by atoms with Gasteiger partial charge in [-0.1, -0.05) is 0 Å². The molecule has 3 nitrogen and oxygen atoms in total. The Labute approximate surface area is 64.8 Å². The summed E-state index contributed by atoms with van der Waals surface area (Å²) in [6.07, 6.45) is 3.18. The van der Waals surface area contributed by atoms with Crippen molar-refractivity contribution in [1.82, 2.24) is 5.32 Å². The lowest BCUT2D eigenvalue weighted by molar-refractivity contribution is -0.126. The van der Waals surface area contributed by atoms with Crippen molar-refractivity contribution in [3.63, 3.8) is 0 Å². The average Bonchev–Trinajstić information content (AvgIpc) is 2.72. The van der Waals surface area contributed by atoms with Gasteiger partial charge in [-0.15, -0.1) is 0 Å². The summed E-state index contributed by atoms with van der Waals surface area (Å²) in [5.74, 6) is 0.197. The third-order valence-corrected chi connectivity index (χ3v) is 3.67. The third kappa shape index (κ3) is 0.466. The highest BCUT2D eigenvalue weighted by Crippen LogP contribution is 2.88. The largest absolute Gasteiger partial charge is 0.394 e. The Morgan fingerprint density at radius 1 is 1.64 bits per heavy atom. The summed E-state index contributed by atoms with van der Waals surface area (Å²) in [5.41, 5.74) is 0.432. The molecule has 11 heavy (non-hydrogen) atoms. The van der Waals surface area contributed by atoms with Crippen LogP contribution in [0, 0.1) is 10.8 Å². The predicted molar refractivity (Wildman–Crippen MR) is 37.7 cm³/mol. The summed E-state index contributed by atoms with van der Waals surface area (Å²) in [5, 5.41) is 11.7. The Kier molecular flexibility index (Phi) is 0.727. The van der Waals surface area contributed by atoms with Crippen LogP contribution in [0.5, 0.6) is 0 Å². The maximum absolute atomic E-state index is 11.3. The van der Waals surface area contributed by atoms with Crippen molar-refractivity contribution in [1.29, 1.82) is 0 Å². The van der Waals surface area contributed by atoms with Crippen LogP contribution in [-0.2, 0) is 4.79 Å². The molecular formula is C8H11NO2. The third-order valence-electron chi connectivity index (χ3n) is 3.67. The van der Waals surface area contributed by atoms with E-state index in [1.807, 2.05) is 0 Å². The van der Waals surface area contributed by atoms with E-state index < -0.39 is 0 Å². The molecule has 0 radical (unpaired) electrons. The average molecular weight is 153 g/mol. The molecule has 1 amide bonds. The second-order valence-corrected chi connectivity index (χ2v) is 4.27. The van der Waals surface area contributed by atoms with Gasteiger partial charge in [0.25, 0.3) is 0 Å². The van der Waals surface area contributed by atoms with Crippen LogP contribution in [0.2, 0.25) is 0 Å². The van der Waals surface area contributed by atoms with Crippen molar-refractivity contribution < 1.29 is 9.90 Å². The zero-order valence-corrected chi connectivity index (χ0v) is 6.26. The van der Waals surface area contributed by atoms with E-state index in [1.54, 1.807) is 0 Å². The Bertz CT molecular complexity index is 242. The number of amides is 1. The van der Waals surface area contributed by atoms with E-state index in [2.05, 4.69) is 5.32 Å². The van der Waals surface area contributed by atoms with Gasteiger partial charge in [-0.2, -0.15) is 0 Å². The summed E-state index contributed by atoms with van der Waals surface area (Å²) < 4.78 is 0. The first-order chi connectivity index (χ1) is 5.22. The minimum atomic E-state index is 0.0422. The highest BCUT2D eigenvalue weighted by atomic mass is 16.3. The molecule has 2 aliphatic carbocycles. The molecule has 3 fully saturated rings. The molecule has 1 aliphatic heterocycles. The van der Waals surface area contributed by atoms with Crippen molar-refractivity contribution in [3.8, 4) is 0 Å². The van der Waals surface area contributed by atoms with Crippen LogP contribution in [0.3, 0.4) is 0 Å². The maximum Gasteiger partial charge on any atom is 0.227 e. The lowest BCUT2D eigenvalue weighted by atomic mass is 10.0. The van der Waals surface area contributed by atoms with Gasteiger partial charge >= 0.3 is 0 Å². The molecule has 1 atom stereocenters. The second kappa shape index (κ2) is 1.33. The molecule has 0 spiro atoms. The van der Waals surface area contributed by atoms with E-state index in [9.17, 15) is 4.79 Å². The number of nitrogens with one attached hydrogen (secondary N) is 1. The van der Waals surface area contributed by atoms with Gasteiger partial charge in [0.15, 0.2) is 0 Å². The summed E-state index contributed by atoms with van der Waals surface area (Å²) in [6, 6.07) is 0.0422. The van der Waals surface area contributed by atoms with Crippen LogP contribution < -0.4 is 5.32 Å². The normalized spacial score (nSPS) is 57.5. The minimum absolute atomic E-state index is 0.0422. The van der Waals surface area contributed by atoms with Crippen molar-refractivity contribution in [3.05, 3.63) is 0 Å². The zero-order chi connectivity index (χ0) is 7.69. The minimum Gasteiger partial charge on any atom is -0.394 e. The van der Waals surface area contributed by atoms with E-state index >= 15 is 0 Å². The van der Waals surface area contributed by atoms with E-state index in [0.29, 0.717) is 5.41 Å². The monoisotopic (exact) mass is 153 g/mol. The van der Waals surface area contributed by atoms with Crippen molar-refractivity contribution in [2.45, 2.75) is 25.3 Å². The lowest BCUT2D eigenvalue weighted by Gasteiger charge is -2.19. The van der Waals surface area contributed by atoms with Crippen LogP contribution in [0.1, 0.15) is 19.3 Å². The number of aliphatic hydroxyl groups is 1. The SMILES string of the molecule is O=C1N[C@H](CO)CC23CC12C3. The number of carbonyl (C=O) groups excluding carboxylic acids is 1. The number of aliphatic hydroxyl groups excluding tert-OH is 1. The first kappa shape index (κ1) is 6.00. The van der Waals surface area contributed by atoms with E-state index in [0.717, 1.165) is 19.3 Å². The molecule has 3 heteroatoms. The Balaban J connectivity index is 1.87. The Morgan fingerprint density at radius 3 is 2.91 bits per heavy atom. The first-order valence-electron chi connectivity index (χ1n) is 4.14. The lowest BCUT2D eigenvalue weighted by Crippen LogP contribution is -2.42. The zero-order valence-electron chi connectivity index (χ0n) is 6.26. The molecule has 1 heterocycles. The molecule has 0 unspecified atom stereocenters. The molecule has 60 valence electrons. The number of carbonyl (C=O) groups is 1. The van der Waals surface area contributed by atoms with E-state index in [-0.39, 0.29) is 24.0 Å². The number of hydrogen-bond acceptors (Lipinski definition) is 2. The molecule has 2 N–H and O–H groups in total. The predicted octanol–water partition coefficient (Wildman–Crippen LogP) is -0.353. The number of rotatable bonds is 1. The number of hydrogen-bond donors (Lipinski definition) is 2. The fraction of sp³-hybridized carbons (Fsp3) is 0.875. The van der Waals surface area contributed by atoms with Crippen LogP contribution in [0.25, 0.3) is 0 Å². The van der Waals surface area contributed by atoms with Gasteiger partial charge < -0.3 is 10.4 Å². The quantitative estimate of drug-likeness (QED) is 0.541. The molecule has 1 saturated heterocycles. The Hall–Kier alpha value is -0.570. The fourth-order valence-corrected chi connectivity index (χ4v) is 2.71. The molecule has 3 rings (SSSR count). The molecular weight excluding hydrogens is 142 g/mol. The molecule has 0 aromatic heterocycles. The smallest absolute Gasteiger partial charge is 0.227 e. The van der Waals surface area contributed by atoms with Crippen molar-refractivity contribution >= 4 is 5.91 Å². The van der Waals surface area contributed by atoms with Crippen LogP contribution >= 0.6 is 0 Å². The van der Waals surface area contributed by atoms with Crippen molar-refractivity contribution in [2.75, 3.05) is 6.61 Å². The fourth-order valence-electron chi connectivity index (χ4n) is 2.71. The molecule has 2 saturated carbocycles. The van der Waals surface area contributed by atoms with Gasteiger partial charge in [-0.05, 0) is 24.7 Å². The first-order valence-corrected chi connectivity index (χ1v) is 4.14. The summed E-state index contributed by atoms with van der Waals surface area (Å²) in [6.45, 7) is 0.101. The van der Waals surface area contributed by atoms with Gasteiger partial charge in [0.1, 0.15) is 0 Å². The molecule has 0 aromatic carbocycles. The highest BCUT2D eigenvalue weighted by molar-refractivity contribution is 5.93. The molecule has 0 bridgehead atoms. The molecule has 0 aromatic rings. The van der Waals surface area contributed by atoms with E-state index in [4.69, 9.17) is 5.11 Å². The summed E-state index contributed by atoms with van der Waals surface area (Å²) in [4.78, 5) is 11.3. The van der Waals surface area contributed by atoms with Crippen LogP contribution in [0.15, 0.2) is 0 Å². The number of piperidine rings is 1. The van der Waals surface area contributed by atoms with Gasteiger partial charge in [0.2, 0.25) is 5.91 Å².